The van der Waals surface area contributed by atoms with Crippen LogP contribution in [0.3, 0.4) is 0 Å². The van der Waals surface area contributed by atoms with E-state index in [1.54, 1.807) is 12.1 Å². The Morgan fingerprint density at radius 1 is 1.46 bits per heavy atom. The van der Waals surface area contributed by atoms with Gasteiger partial charge in [0.15, 0.2) is 0 Å². The van der Waals surface area contributed by atoms with Gasteiger partial charge in [0.05, 0.1) is 18.5 Å². The van der Waals surface area contributed by atoms with Crippen molar-refractivity contribution < 1.29 is 9.08 Å². The molecule has 70 valence electrons. The van der Waals surface area contributed by atoms with Crippen LogP contribution < -0.4 is 5.73 Å². The lowest BCUT2D eigenvalue weighted by molar-refractivity contribution is 0.108. The van der Waals surface area contributed by atoms with Crippen molar-refractivity contribution in [2.75, 3.05) is 5.73 Å². The fourth-order valence-corrected chi connectivity index (χ4v) is 1.21. The van der Waals surface area contributed by atoms with Crippen LogP contribution in [-0.4, -0.2) is 5.24 Å². The van der Waals surface area contributed by atoms with Crippen LogP contribution in [0.15, 0.2) is 18.2 Å². The molecule has 2 N–H and O–H groups in total. The first-order chi connectivity index (χ1) is 6.13. The van der Waals surface area contributed by atoms with Crippen LogP contribution in [0, 0.1) is 0 Å². The molecule has 13 heavy (non-hydrogen) atoms. The molecule has 1 aromatic carbocycles. The first-order valence-corrected chi connectivity index (χ1v) is 4.15. The molecule has 0 radical (unpaired) electrons. The molecule has 0 aliphatic rings. The lowest BCUT2D eigenvalue weighted by atomic mass is 10.1. The van der Waals surface area contributed by atoms with Crippen molar-refractivity contribution >= 4 is 34.4 Å². The number of carbonyl (C=O) groups excluding carboxylic acids is 1. The molecule has 0 bridgehead atoms. The number of benzene rings is 1. The van der Waals surface area contributed by atoms with Crippen LogP contribution in [-0.2, 0) is 10.9 Å². The standard InChI is InChI=1S/C8H7Cl2NO2/c9-8(12)6-1-5(4-13-10)2-7(11)3-6/h1-3H,4,11H2. The minimum Gasteiger partial charge on any atom is -0.399 e. The number of halogens is 2. The predicted octanol–water partition coefficient (Wildman–Crippen LogP) is 2.32. The maximum atomic E-state index is 10.8. The van der Waals surface area contributed by atoms with Crippen molar-refractivity contribution in [3.8, 4) is 0 Å². The molecule has 0 spiro atoms. The number of hydrogen-bond acceptors (Lipinski definition) is 3. The lowest BCUT2D eigenvalue weighted by Crippen LogP contribution is -1.96. The second kappa shape index (κ2) is 4.46. The fraction of sp³-hybridized carbons (Fsp3) is 0.125. The molecule has 0 aromatic heterocycles. The Hall–Kier alpha value is -0.770. The summed E-state index contributed by atoms with van der Waals surface area (Å²) in [5.41, 5.74) is 7.02. The van der Waals surface area contributed by atoms with Gasteiger partial charge in [0.2, 0.25) is 0 Å². The number of hydrogen-bond donors (Lipinski definition) is 1. The third kappa shape index (κ3) is 2.88. The molecule has 1 rings (SSSR count). The molecule has 0 amide bonds. The first-order valence-electron chi connectivity index (χ1n) is 3.46. The summed E-state index contributed by atoms with van der Waals surface area (Å²) in [6, 6.07) is 4.73. The van der Waals surface area contributed by atoms with E-state index in [1.165, 1.54) is 6.07 Å². The molecule has 3 nitrogen and oxygen atoms in total. The summed E-state index contributed by atoms with van der Waals surface area (Å²) >= 11 is 10.3. The fourth-order valence-electron chi connectivity index (χ4n) is 0.978. The van der Waals surface area contributed by atoms with Crippen LogP contribution in [0.2, 0.25) is 0 Å². The third-order valence-corrected chi connectivity index (χ3v) is 1.79. The van der Waals surface area contributed by atoms with Gasteiger partial charge in [-0.25, -0.2) is 0 Å². The molecular weight excluding hydrogens is 213 g/mol. The van der Waals surface area contributed by atoms with E-state index in [4.69, 9.17) is 29.2 Å². The highest BCUT2D eigenvalue weighted by Gasteiger charge is 2.04. The van der Waals surface area contributed by atoms with E-state index >= 15 is 0 Å². The zero-order valence-electron chi connectivity index (χ0n) is 6.59. The molecule has 0 saturated carbocycles. The predicted molar refractivity (Wildman–Crippen MR) is 51.7 cm³/mol. The lowest BCUT2D eigenvalue weighted by Gasteiger charge is -2.02. The largest absolute Gasteiger partial charge is 0.399 e. The van der Waals surface area contributed by atoms with Gasteiger partial charge in [-0.3, -0.25) is 9.08 Å². The SMILES string of the molecule is Nc1cc(COCl)cc(C(=O)Cl)c1. The van der Waals surface area contributed by atoms with Gasteiger partial charge in [0.1, 0.15) is 0 Å². The van der Waals surface area contributed by atoms with Crippen molar-refractivity contribution in [1.82, 2.24) is 0 Å². The second-order valence-corrected chi connectivity index (χ2v) is 3.05. The third-order valence-electron chi connectivity index (χ3n) is 1.46. The highest BCUT2D eigenvalue weighted by molar-refractivity contribution is 6.67. The smallest absolute Gasteiger partial charge is 0.252 e. The zero-order chi connectivity index (χ0) is 9.84. The number of carbonyl (C=O) groups is 1. The highest BCUT2D eigenvalue weighted by Crippen LogP contribution is 2.15. The highest BCUT2D eigenvalue weighted by atomic mass is 35.5. The summed E-state index contributed by atoms with van der Waals surface area (Å²) in [4.78, 5) is 10.8. The number of rotatable bonds is 3. The summed E-state index contributed by atoms with van der Waals surface area (Å²) in [5, 5.41) is -0.553. The molecule has 0 aliphatic carbocycles. The summed E-state index contributed by atoms with van der Waals surface area (Å²) in [6.07, 6.45) is 0. The van der Waals surface area contributed by atoms with Gasteiger partial charge < -0.3 is 5.73 Å². The monoisotopic (exact) mass is 219 g/mol. The van der Waals surface area contributed by atoms with Gasteiger partial charge in [-0.05, 0) is 35.4 Å². The molecule has 5 heteroatoms. The van der Waals surface area contributed by atoms with E-state index in [2.05, 4.69) is 4.29 Å². The Bertz CT molecular complexity index is 328. The van der Waals surface area contributed by atoms with Gasteiger partial charge in [-0.15, -0.1) is 0 Å². The number of anilines is 1. The number of nitrogens with two attached hydrogens (primary N) is 1. The Labute approximate surface area is 85.6 Å². The molecule has 1 aromatic rings. The van der Waals surface area contributed by atoms with E-state index < -0.39 is 5.24 Å². The maximum absolute atomic E-state index is 10.8. The summed E-state index contributed by atoms with van der Waals surface area (Å²) < 4.78 is 4.38. The molecule has 0 atom stereocenters. The zero-order valence-corrected chi connectivity index (χ0v) is 8.10. The first kappa shape index (κ1) is 10.3. The van der Waals surface area contributed by atoms with E-state index in [0.29, 0.717) is 16.8 Å². The van der Waals surface area contributed by atoms with Crippen LogP contribution in [0.5, 0.6) is 0 Å². The van der Waals surface area contributed by atoms with E-state index in [-0.39, 0.29) is 6.61 Å². The van der Waals surface area contributed by atoms with Gasteiger partial charge in [-0.2, -0.15) is 0 Å². The Morgan fingerprint density at radius 2 is 2.15 bits per heavy atom. The summed E-state index contributed by atoms with van der Waals surface area (Å²) in [7, 11) is 0. The molecule has 0 saturated heterocycles. The molecule has 0 aliphatic heterocycles. The second-order valence-electron chi connectivity index (χ2n) is 2.49. The Morgan fingerprint density at radius 3 is 2.69 bits per heavy atom. The summed E-state index contributed by atoms with van der Waals surface area (Å²) in [6.45, 7) is 0.184. The van der Waals surface area contributed by atoms with Crippen molar-refractivity contribution in [2.45, 2.75) is 6.61 Å². The quantitative estimate of drug-likeness (QED) is 0.628. The summed E-state index contributed by atoms with van der Waals surface area (Å²) in [5.74, 6) is 0. The van der Waals surface area contributed by atoms with E-state index in [9.17, 15) is 4.79 Å². The van der Waals surface area contributed by atoms with Gasteiger partial charge >= 0.3 is 0 Å². The maximum Gasteiger partial charge on any atom is 0.252 e. The van der Waals surface area contributed by atoms with Crippen molar-refractivity contribution in [3.05, 3.63) is 29.3 Å². The minimum absolute atomic E-state index is 0.184. The van der Waals surface area contributed by atoms with Crippen molar-refractivity contribution in [1.29, 1.82) is 0 Å². The molecule has 0 unspecified atom stereocenters. The van der Waals surface area contributed by atoms with Crippen molar-refractivity contribution in [2.24, 2.45) is 0 Å². The molecule has 0 heterocycles. The van der Waals surface area contributed by atoms with Gasteiger partial charge in [0, 0.05) is 11.3 Å². The molecular formula is C8H7Cl2NO2. The minimum atomic E-state index is -0.553. The molecule has 0 fully saturated rings. The van der Waals surface area contributed by atoms with Crippen LogP contribution in [0.1, 0.15) is 15.9 Å². The van der Waals surface area contributed by atoms with Gasteiger partial charge in [0.25, 0.3) is 5.24 Å². The Kier molecular flexibility index (Phi) is 3.54. The van der Waals surface area contributed by atoms with Crippen LogP contribution >= 0.6 is 23.5 Å². The average Bonchev–Trinajstić information content (AvgIpc) is 2.03. The average molecular weight is 220 g/mol. The normalized spacial score (nSPS) is 10.0. The van der Waals surface area contributed by atoms with Crippen LogP contribution in [0.4, 0.5) is 5.69 Å². The number of nitrogen functional groups attached to an aromatic ring is 1. The van der Waals surface area contributed by atoms with Crippen molar-refractivity contribution in [3.63, 3.8) is 0 Å². The van der Waals surface area contributed by atoms with E-state index in [0.717, 1.165) is 0 Å². The van der Waals surface area contributed by atoms with Crippen LogP contribution in [0.25, 0.3) is 0 Å². The van der Waals surface area contributed by atoms with Gasteiger partial charge in [-0.1, -0.05) is 0 Å². The van der Waals surface area contributed by atoms with E-state index in [1.807, 2.05) is 0 Å². The topological polar surface area (TPSA) is 52.3 Å². The Balaban J connectivity index is 3.03.